The Morgan fingerprint density at radius 2 is 2.07 bits per heavy atom. The Labute approximate surface area is 155 Å². The van der Waals surface area contributed by atoms with Crippen molar-refractivity contribution in [1.29, 1.82) is 0 Å². The monoisotopic (exact) mass is 372 g/mol. The van der Waals surface area contributed by atoms with Gasteiger partial charge >= 0.3 is 0 Å². The van der Waals surface area contributed by atoms with E-state index in [-0.39, 0.29) is 17.2 Å². The molecule has 1 fully saturated rings. The number of rotatable bonds is 7. The summed E-state index contributed by atoms with van der Waals surface area (Å²) in [6.07, 6.45) is 1.71. The molecule has 10 nitrogen and oxygen atoms in total. The van der Waals surface area contributed by atoms with E-state index in [2.05, 4.69) is 25.7 Å². The van der Waals surface area contributed by atoms with Crippen LogP contribution in [0, 0.1) is 10.1 Å². The third-order valence-corrected chi connectivity index (χ3v) is 4.05. The van der Waals surface area contributed by atoms with E-state index in [1.54, 1.807) is 6.20 Å². The van der Waals surface area contributed by atoms with Crippen LogP contribution in [0.3, 0.4) is 0 Å². The highest BCUT2D eigenvalue weighted by molar-refractivity contribution is 5.94. The molecule has 0 spiro atoms. The third kappa shape index (κ3) is 5.11. The molecule has 1 amide bonds. The summed E-state index contributed by atoms with van der Waals surface area (Å²) >= 11 is 0. The summed E-state index contributed by atoms with van der Waals surface area (Å²) in [7, 11) is 0. The number of ether oxygens (including phenoxy) is 1. The van der Waals surface area contributed by atoms with Gasteiger partial charge in [-0.25, -0.2) is 0 Å². The number of hydrogen-bond donors (Lipinski definition) is 2. The lowest BCUT2D eigenvalue weighted by atomic mass is 10.2. The fourth-order valence-electron chi connectivity index (χ4n) is 2.67. The predicted octanol–water partition coefficient (Wildman–Crippen LogP) is 1.06. The first-order valence-electron chi connectivity index (χ1n) is 8.55. The number of anilines is 2. The number of benzene rings is 1. The number of aromatic nitrogens is 2. The van der Waals surface area contributed by atoms with Gasteiger partial charge in [0.15, 0.2) is 5.82 Å². The van der Waals surface area contributed by atoms with Gasteiger partial charge in [-0.05, 0) is 6.07 Å². The number of hydrogen-bond acceptors (Lipinski definition) is 8. The number of amides is 1. The summed E-state index contributed by atoms with van der Waals surface area (Å²) in [5, 5.41) is 24.6. The normalized spacial score (nSPS) is 13.9. The van der Waals surface area contributed by atoms with Crippen molar-refractivity contribution in [2.24, 2.45) is 0 Å². The Balaban J connectivity index is 1.48. The standard InChI is InChI=1S/C17H20N6O4/c24-17(13-2-1-3-14(10-13)23(25)26)19-5-4-18-16-11-15(12-20-21-16)22-6-8-27-9-7-22/h1-3,10-12H,4-9H2,(H,18,21)(H,19,24). The van der Waals surface area contributed by atoms with Crippen molar-refractivity contribution in [3.8, 4) is 0 Å². The molecule has 3 rings (SSSR count). The molecule has 27 heavy (non-hydrogen) atoms. The molecule has 1 aromatic heterocycles. The van der Waals surface area contributed by atoms with Crippen LogP contribution in [0.5, 0.6) is 0 Å². The summed E-state index contributed by atoms with van der Waals surface area (Å²) in [5.74, 6) is 0.247. The summed E-state index contributed by atoms with van der Waals surface area (Å²) in [6.45, 7) is 3.78. The van der Waals surface area contributed by atoms with E-state index in [9.17, 15) is 14.9 Å². The van der Waals surface area contributed by atoms with Gasteiger partial charge in [-0.15, -0.1) is 5.10 Å². The molecule has 0 atom stereocenters. The lowest BCUT2D eigenvalue weighted by Crippen LogP contribution is -2.36. The first kappa shape index (κ1) is 18.5. The lowest BCUT2D eigenvalue weighted by molar-refractivity contribution is -0.384. The van der Waals surface area contributed by atoms with Gasteiger partial charge < -0.3 is 20.3 Å². The van der Waals surface area contributed by atoms with Gasteiger partial charge in [0.25, 0.3) is 11.6 Å². The maximum Gasteiger partial charge on any atom is 0.270 e. The minimum atomic E-state index is -0.529. The molecule has 1 aliphatic heterocycles. The van der Waals surface area contributed by atoms with Crippen LogP contribution < -0.4 is 15.5 Å². The molecule has 142 valence electrons. The summed E-state index contributed by atoms with van der Waals surface area (Å²) in [6, 6.07) is 7.52. The molecule has 0 saturated carbocycles. The molecule has 2 heterocycles. The van der Waals surface area contributed by atoms with Gasteiger partial charge in [0, 0.05) is 49.9 Å². The average molecular weight is 372 g/mol. The second kappa shape index (κ2) is 8.90. The van der Waals surface area contributed by atoms with E-state index in [4.69, 9.17) is 4.74 Å². The SMILES string of the molecule is O=C(NCCNc1cc(N2CCOCC2)cnn1)c1cccc([N+](=O)[O-])c1. The fourth-order valence-corrected chi connectivity index (χ4v) is 2.67. The van der Waals surface area contributed by atoms with Crippen LogP contribution in [0.25, 0.3) is 0 Å². The number of morpholine rings is 1. The van der Waals surface area contributed by atoms with E-state index in [0.29, 0.717) is 32.1 Å². The maximum atomic E-state index is 12.1. The Morgan fingerprint density at radius 1 is 1.26 bits per heavy atom. The van der Waals surface area contributed by atoms with Crippen molar-refractivity contribution < 1.29 is 14.5 Å². The highest BCUT2D eigenvalue weighted by Crippen LogP contribution is 2.17. The molecule has 0 aliphatic carbocycles. The minimum absolute atomic E-state index is 0.115. The van der Waals surface area contributed by atoms with E-state index in [1.165, 1.54) is 24.3 Å². The largest absolute Gasteiger partial charge is 0.378 e. The molecule has 10 heteroatoms. The number of nitro groups is 1. The Kier molecular flexibility index (Phi) is 6.10. The van der Waals surface area contributed by atoms with Crippen molar-refractivity contribution in [2.45, 2.75) is 0 Å². The van der Waals surface area contributed by atoms with Crippen LogP contribution in [0.1, 0.15) is 10.4 Å². The lowest BCUT2D eigenvalue weighted by Gasteiger charge is -2.28. The molecule has 2 N–H and O–H groups in total. The van der Waals surface area contributed by atoms with E-state index < -0.39 is 4.92 Å². The van der Waals surface area contributed by atoms with Crippen molar-refractivity contribution in [3.05, 3.63) is 52.2 Å². The van der Waals surface area contributed by atoms with Gasteiger partial charge in [-0.1, -0.05) is 6.07 Å². The molecule has 1 aromatic carbocycles. The Bertz CT molecular complexity index is 810. The number of nitrogens with one attached hydrogen (secondary N) is 2. The molecular formula is C17H20N6O4. The van der Waals surface area contributed by atoms with Crippen LogP contribution in [0.4, 0.5) is 17.2 Å². The maximum absolute atomic E-state index is 12.1. The first-order chi connectivity index (χ1) is 13.1. The fraction of sp³-hybridized carbons (Fsp3) is 0.353. The van der Waals surface area contributed by atoms with Crippen LogP contribution in [-0.4, -0.2) is 60.4 Å². The predicted molar refractivity (Wildman–Crippen MR) is 99.0 cm³/mol. The smallest absolute Gasteiger partial charge is 0.270 e. The summed E-state index contributed by atoms with van der Waals surface area (Å²) < 4.78 is 5.34. The minimum Gasteiger partial charge on any atom is -0.378 e. The number of nitro benzene ring substituents is 1. The van der Waals surface area contributed by atoms with E-state index >= 15 is 0 Å². The van der Waals surface area contributed by atoms with Gasteiger partial charge in [0.05, 0.1) is 30.0 Å². The second-order valence-corrected chi connectivity index (χ2v) is 5.89. The number of carbonyl (C=O) groups is 1. The number of non-ortho nitro benzene ring substituents is 1. The van der Waals surface area contributed by atoms with E-state index in [1.807, 2.05) is 6.07 Å². The van der Waals surface area contributed by atoms with Gasteiger partial charge in [0.1, 0.15) is 0 Å². The molecular weight excluding hydrogens is 352 g/mol. The second-order valence-electron chi connectivity index (χ2n) is 5.89. The summed E-state index contributed by atoms with van der Waals surface area (Å²) in [5.41, 5.74) is 1.10. The zero-order valence-corrected chi connectivity index (χ0v) is 14.6. The van der Waals surface area contributed by atoms with Crippen molar-refractivity contribution in [2.75, 3.05) is 49.6 Å². The molecule has 0 unspecified atom stereocenters. The highest BCUT2D eigenvalue weighted by Gasteiger charge is 2.13. The van der Waals surface area contributed by atoms with Crippen LogP contribution in [0.15, 0.2) is 36.5 Å². The Hall–Kier alpha value is -3.27. The molecule has 0 bridgehead atoms. The van der Waals surface area contributed by atoms with Crippen LogP contribution in [-0.2, 0) is 4.74 Å². The molecule has 1 aliphatic rings. The molecule has 0 radical (unpaired) electrons. The first-order valence-corrected chi connectivity index (χ1v) is 8.55. The van der Waals surface area contributed by atoms with Gasteiger partial charge in [-0.3, -0.25) is 14.9 Å². The topological polar surface area (TPSA) is 123 Å². The molecule has 1 saturated heterocycles. The number of nitrogens with zero attached hydrogens (tertiary/aromatic N) is 4. The highest BCUT2D eigenvalue weighted by atomic mass is 16.6. The van der Waals surface area contributed by atoms with Crippen molar-refractivity contribution in [1.82, 2.24) is 15.5 Å². The van der Waals surface area contributed by atoms with Gasteiger partial charge in [-0.2, -0.15) is 5.10 Å². The zero-order valence-electron chi connectivity index (χ0n) is 14.6. The van der Waals surface area contributed by atoms with Crippen LogP contribution in [0.2, 0.25) is 0 Å². The summed E-state index contributed by atoms with van der Waals surface area (Å²) in [4.78, 5) is 24.5. The van der Waals surface area contributed by atoms with Crippen LogP contribution >= 0.6 is 0 Å². The average Bonchev–Trinajstić information content (AvgIpc) is 2.72. The molecule has 2 aromatic rings. The van der Waals surface area contributed by atoms with E-state index in [0.717, 1.165) is 18.8 Å². The van der Waals surface area contributed by atoms with Crippen molar-refractivity contribution >= 4 is 23.1 Å². The zero-order chi connectivity index (χ0) is 19.1. The van der Waals surface area contributed by atoms with Gasteiger partial charge in [0.2, 0.25) is 0 Å². The number of carbonyl (C=O) groups excluding carboxylic acids is 1. The quantitative estimate of drug-likeness (QED) is 0.420. The van der Waals surface area contributed by atoms with Crippen molar-refractivity contribution in [3.63, 3.8) is 0 Å². The Morgan fingerprint density at radius 3 is 2.85 bits per heavy atom. The third-order valence-electron chi connectivity index (χ3n) is 4.05.